The highest BCUT2D eigenvalue weighted by Gasteiger charge is 2.19. The predicted molar refractivity (Wildman–Crippen MR) is 156 cm³/mol. The van der Waals surface area contributed by atoms with Crippen molar-refractivity contribution in [3.05, 3.63) is 104 Å². The summed E-state index contributed by atoms with van der Waals surface area (Å²) in [6.45, 7) is 2.12. The maximum atomic E-state index is 13.1. The lowest BCUT2D eigenvalue weighted by Gasteiger charge is -2.14. The number of halogens is 2. The van der Waals surface area contributed by atoms with Crippen molar-refractivity contribution >= 4 is 72.9 Å². The number of nitrogens with zero attached hydrogens (tertiary/aromatic N) is 1. The zero-order valence-corrected chi connectivity index (χ0v) is 23.4. The Labute approximate surface area is 236 Å². The van der Waals surface area contributed by atoms with Crippen LogP contribution in [0.25, 0.3) is 16.8 Å². The van der Waals surface area contributed by atoms with Gasteiger partial charge in [0.15, 0.2) is 11.5 Å². The smallest absolute Gasteiger partial charge is 0.344 e. The Morgan fingerprint density at radius 1 is 1.05 bits per heavy atom. The van der Waals surface area contributed by atoms with Crippen LogP contribution in [0, 0.1) is 14.9 Å². The number of nitriles is 1. The molecular weight excluding hydrogens is 647 g/mol. The van der Waals surface area contributed by atoms with Crippen LogP contribution in [0.2, 0.25) is 0 Å². The fourth-order valence-electron chi connectivity index (χ4n) is 3.66. The van der Waals surface area contributed by atoms with Gasteiger partial charge in [-0.25, -0.2) is 4.79 Å². The number of anilines is 1. The number of esters is 1. The van der Waals surface area contributed by atoms with E-state index in [1.54, 1.807) is 36.4 Å². The van der Waals surface area contributed by atoms with E-state index in [-0.39, 0.29) is 11.3 Å². The van der Waals surface area contributed by atoms with Crippen molar-refractivity contribution in [1.29, 1.82) is 5.26 Å². The summed E-state index contributed by atoms with van der Waals surface area (Å²) in [5.41, 5.74) is 1.45. The zero-order valence-electron chi connectivity index (χ0n) is 19.6. The summed E-state index contributed by atoms with van der Waals surface area (Å²) in [6.07, 6.45) is 1.45. The molecule has 8 heteroatoms. The summed E-state index contributed by atoms with van der Waals surface area (Å²) in [5.74, 6) is -0.563. The van der Waals surface area contributed by atoms with E-state index in [1.807, 2.05) is 55.5 Å². The number of carbonyl (C=O) groups excluding carboxylic acids is 2. The van der Waals surface area contributed by atoms with Crippen LogP contribution in [0.3, 0.4) is 0 Å². The molecule has 0 radical (unpaired) electrons. The van der Waals surface area contributed by atoms with Gasteiger partial charge in [0.2, 0.25) is 0 Å². The van der Waals surface area contributed by atoms with Crippen LogP contribution < -0.4 is 14.8 Å². The lowest BCUT2D eigenvalue weighted by molar-refractivity contribution is -0.112. The molecule has 0 fully saturated rings. The van der Waals surface area contributed by atoms with E-state index >= 15 is 0 Å². The van der Waals surface area contributed by atoms with Gasteiger partial charge >= 0.3 is 5.97 Å². The molecule has 0 saturated heterocycles. The van der Waals surface area contributed by atoms with E-state index in [1.165, 1.54) is 6.08 Å². The number of fused-ring (bicyclic) bond motifs is 1. The van der Waals surface area contributed by atoms with Gasteiger partial charge in [-0.15, -0.1) is 0 Å². The van der Waals surface area contributed by atoms with Gasteiger partial charge in [0, 0.05) is 9.26 Å². The van der Waals surface area contributed by atoms with Crippen molar-refractivity contribution in [3.8, 4) is 17.6 Å². The molecule has 184 valence electrons. The minimum absolute atomic E-state index is 0.0892. The molecule has 0 aliphatic rings. The Morgan fingerprint density at radius 3 is 2.57 bits per heavy atom. The van der Waals surface area contributed by atoms with E-state index in [4.69, 9.17) is 9.47 Å². The molecule has 1 N–H and O–H groups in total. The summed E-state index contributed by atoms with van der Waals surface area (Å²) in [6, 6.07) is 25.5. The topological polar surface area (TPSA) is 88.4 Å². The Morgan fingerprint density at radius 2 is 1.81 bits per heavy atom. The SMILES string of the molecule is CCOc1cc(/C=C(\C#N)C(=O)Nc2cccc(I)c2)cc(Br)c1OC(=O)c1cccc2ccccc12. The van der Waals surface area contributed by atoms with Crippen LogP contribution in [0.5, 0.6) is 11.5 Å². The molecule has 0 saturated carbocycles. The molecule has 37 heavy (non-hydrogen) atoms. The highest BCUT2D eigenvalue weighted by Crippen LogP contribution is 2.38. The first kappa shape index (κ1) is 26.4. The largest absolute Gasteiger partial charge is 0.490 e. The molecule has 4 aromatic carbocycles. The summed E-state index contributed by atoms with van der Waals surface area (Å²) in [7, 11) is 0. The molecule has 0 aromatic heterocycles. The number of hydrogen-bond acceptors (Lipinski definition) is 5. The first-order valence-corrected chi connectivity index (χ1v) is 13.1. The lowest BCUT2D eigenvalue weighted by Crippen LogP contribution is -2.13. The minimum Gasteiger partial charge on any atom is -0.490 e. The van der Waals surface area contributed by atoms with Gasteiger partial charge in [-0.1, -0.05) is 42.5 Å². The first-order valence-electron chi connectivity index (χ1n) is 11.2. The molecule has 0 spiro atoms. The van der Waals surface area contributed by atoms with Crippen molar-refractivity contribution in [1.82, 2.24) is 0 Å². The summed E-state index contributed by atoms with van der Waals surface area (Å²) < 4.78 is 12.9. The number of rotatable bonds is 7. The van der Waals surface area contributed by atoms with Gasteiger partial charge in [-0.2, -0.15) is 5.26 Å². The third-order valence-corrected chi connectivity index (χ3v) is 6.55. The lowest BCUT2D eigenvalue weighted by atomic mass is 10.0. The highest BCUT2D eigenvalue weighted by molar-refractivity contribution is 14.1. The number of nitrogens with one attached hydrogen (secondary N) is 1. The van der Waals surface area contributed by atoms with Crippen LogP contribution >= 0.6 is 38.5 Å². The second-order valence-corrected chi connectivity index (χ2v) is 9.91. The van der Waals surface area contributed by atoms with Crippen LogP contribution in [-0.2, 0) is 4.79 Å². The number of amides is 1. The molecule has 0 aliphatic heterocycles. The Bertz CT molecular complexity index is 1570. The van der Waals surface area contributed by atoms with Crippen molar-refractivity contribution in [3.63, 3.8) is 0 Å². The number of carbonyl (C=O) groups is 2. The maximum Gasteiger partial charge on any atom is 0.344 e. The normalized spacial score (nSPS) is 11.0. The molecule has 0 atom stereocenters. The quantitative estimate of drug-likeness (QED) is 0.0732. The van der Waals surface area contributed by atoms with Crippen molar-refractivity contribution in [2.45, 2.75) is 6.92 Å². The van der Waals surface area contributed by atoms with Crippen LogP contribution in [0.15, 0.2) is 88.9 Å². The standard InChI is InChI=1S/C29H20BrIN2O4/c1-2-36-26-15-18(13-20(17-32)28(34)33-22-10-6-9-21(31)16-22)14-25(30)27(26)37-29(35)24-12-5-8-19-7-3-4-11-23(19)24/h3-16H,2H2,1H3,(H,33,34)/b20-13+. The second kappa shape index (κ2) is 12.0. The van der Waals surface area contributed by atoms with E-state index in [2.05, 4.69) is 43.8 Å². The van der Waals surface area contributed by atoms with E-state index < -0.39 is 11.9 Å². The van der Waals surface area contributed by atoms with Crippen LogP contribution in [0.4, 0.5) is 5.69 Å². The zero-order chi connectivity index (χ0) is 26.4. The molecule has 1 amide bonds. The third kappa shape index (κ3) is 6.37. The van der Waals surface area contributed by atoms with Crippen molar-refractivity contribution in [2.24, 2.45) is 0 Å². The predicted octanol–water partition coefficient (Wildman–Crippen LogP) is 7.37. The van der Waals surface area contributed by atoms with Crippen molar-refractivity contribution in [2.75, 3.05) is 11.9 Å². The van der Waals surface area contributed by atoms with Crippen LogP contribution in [0.1, 0.15) is 22.8 Å². The van der Waals surface area contributed by atoms with E-state index in [0.717, 1.165) is 14.3 Å². The fourth-order valence-corrected chi connectivity index (χ4v) is 4.75. The number of ether oxygens (including phenoxy) is 2. The average molecular weight is 667 g/mol. The van der Waals surface area contributed by atoms with E-state index in [0.29, 0.717) is 33.6 Å². The molecule has 4 aromatic rings. The number of benzene rings is 4. The average Bonchev–Trinajstić information content (AvgIpc) is 2.89. The highest BCUT2D eigenvalue weighted by atomic mass is 127. The third-order valence-electron chi connectivity index (χ3n) is 5.29. The molecule has 0 bridgehead atoms. The molecule has 4 rings (SSSR count). The molecule has 0 heterocycles. The monoisotopic (exact) mass is 666 g/mol. The van der Waals surface area contributed by atoms with Gasteiger partial charge in [-0.05, 0) is 104 Å². The minimum atomic E-state index is -0.537. The summed E-state index contributed by atoms with van der Waals surface area (Å²) >= 11 is 5.60. The van der Waals surface area contributed by atoms with Gasteiger partial charge in [0.25, 0.3) is 5.91 Å². The summed E-state index contributed by atoms with van der Waals surface area (Å²) in [5, 5.41) is 14.1. The Hall–Kier alpha value is -3.68. The first-order chi connectivity index (χ1) is 17.9. The summed E-state index contributed by atoms with van der Waals surface area (Å²) in [4.78, 5) is 25.8. The van der Waals surface area contributed by atoms with Gasteiger partial charge < -0.3 is 14.8 Å². The van der Waals surface area contributed by atoms with E-state index in [9.17, 15) is 14.9 Å². The molecular formula is C29H20BrIN2O4. The molecule has 0 unspecified atom stereocenters. The number of hydrogen-bond donors (Lipinski definition) is 1. The Kier molecular flexibility index (Phi) is 8.58. The second-order valence-electron chi connectivity index (χ2n) is 7.81. The van der Waals surface area contributed by atoms with Gasteiger partial charge in [0.1, 0.15) is 11.6 Å². The molecule has 6 nitrogen and oxygen atoms in total. The van der Waals surface area contributed by atoms with Gasteiger partial charge in [0.05, 0.1) is 16.6 Å². The van der Waals surface area contributed by atoms with Crippen LogP contribution in [-0.4, -0.2) is 18.5 Å². The maximum absolute atomic E-state index is 13.1. The fraction of sp³-hybridized carbons (Fsp3) is 0.0690. The molecule has 0 aliphatic carbocycles. The van der Waals surface area contributed by atoms with Gasteiger partial charge in [-0.3, -0.25) is 4.79 Å². The van der Waals surface area contributed by atoms with Crippen molar-refractivity contribution < 1.29 is 19.1 Å². The Balaban J connectivity index is 1.64.